The molecule has 88 valence electrons. The lowest BCUT2D eigenvalue weighted by atomic mass is 10.2. The van der Waals surface area contributed by atoms with Crippen molar-refractivity contribution in [3.63, 3.8) is 0 Å². The molecule has 0 aliphatic carbocycles. The summed E-state index contributed by atoms with van der Waals surface area (Å²) in [7, 11) is 0. The van der Waals surface area contributed by atoms with Gasteiger partial charge in [-0.15, -0.1) is 0 Å². The van der Waals surface area contributed by atoms with Gasteiger partial charge >= 0.3 is 0 Å². The molecule has 0 bridgehead atoms. The number of rotatable bonds is 6. The van der Waals surface area contributed by atoms with E-state index < -0.39 is 0 Å². The molecule has 0 spiro atoms. The number of pyridine rings is 1. The molecule has 3 nitrogen and oxygen atoms in total. The second-order valence-corrected chi connectivity index (χ2v) is 4.43. The summed E-state index contributed by atoms with van der Waals surface area (Å²) >= 11 is 4.94. The average molecular weight is 237 g/mol. The molecule has 0 saturated heterocycles. The molecule has 16 heavy (non-hydrogen) atoms. The minimum atomic E-state index is 0.365. The predicted molar refractivity (Wildman–Crippen MR) is 71.2 cm³/mol. The van der Waals surface area contributed by atoms with Gasteiger partial charge in [-0.1, -0.05) is 25.2 Å². The molecule has 1 heterocycles. The highest BCUT2D eigenvalue weighted by atomic mass is 32.1. The maximum atomic E-state index is 5.57. The molecule has 1 aromatic heterocycles. The average Bonchev–Trinajstić information content (AvgIpc) is 2.26. The first-order valence-corrected chi connectivity index (χ1v) is 5.96. The summed E-state index contributed by atoms with van der Waals surface area (Å²) in [4.78, 5) is 7.22. The molecule has 0 radical (unpaired) electrons. The van der Waals surface area contributed by atoms with Gasteiger partial charge < -0.3 is 5.73 Å². The van der Waals surface area contributed by atoms with Gasteiger partial charge in [-0.2, -0.15) is 0 Å². The Morgan fingerprint density at radius 2 is 2.31 bits per heavy atom. The van der Waals surface area contributed by atoms with Crippen molar-refractivity contribution in [3.05, 3.63) is 30.1 Å². The first-order chi connectivity index (χ1) is 7.63. The molecule has 1 atom stereocenters. The van der Waals surface area contributed by atoms with E-state index in [1.54, 1.807) is 0 Å². The molecule has 0 aliphatic heterocycles. The molecular formula is C12H19N3S. The van der Waals surface area contributed by atoms with Crippen LogP contribution in [0.2, 0.25) is 0 Å². The second kappa shape index (κ2) is 6.55. The van der Waals surface area contributed by atoms with Gasteiger partial charge in [-0.3, -0.25) is 9.88 Å². The van der Waals surface area contributed by atoms with Gasteiger partial charge in [0.1, 0.15) is 0 Å². The highest BCUT2D eigenvalue weighted by molar-refractivity contribution is 7.80. The fourth-order valence-electron chi connectivity index (χ4n) is 1.70. The summed E-state index contributed by atoms with van der Waals surface area (Å²) in [5.41, 5.74) is 6.65. The molecular weight excluding hydrogens is 218 g/mol. The largest absolute Gasteiger partial charge is 0.393 e. The Hall–Kier alpha value is -1.00. The van der Waals surface area contributed by atoms with Crippen molar-refractivity contribution < 1.29 is 0 Å². The van der Waals surface area contributed by atoms with Crippen molar-refractivity contribution in [2.45, 2.75) is 32.9 Å². The molecule has 2 N–H and O–H groups in total. The Labute approximate surface area is 103 Å². The topological polar surface area (TPSA) is 42.2 Å². The molecule has 1 aromatic rings. The Kier molecular flexibility index (Phi) is 5.35. The minimum absolute atomic E-state index is 0.365. The molecule has 1 unspecified atom stereocenters. The highest BCUT2D eigenvalue weighted by Crippen LogP contribution is 2.08. The van der Waals surface area contributed by atoms with Crippen LogP contribution in [0.25, 0.3) is 0 Å². The summed E-state index contributed by atoms with van der Waals surface area (Å²) in [5.74, 6) is 0. The molecule has 4 heteroatoms. The van der Waals surface area contributed by atoms with E-state index in [2.05, 4.69) is 23.7 Å². The van der Waals surface area contributed by atoms with Crippen molar-refractivity contribution in [2.75, 3.05) is 6.54 Å². The molecule has 0 saturated carbocycles. The van der Waals surface area contributed by atoms with Crippen molar-refractivity contribution in [1.29, 1.82) is 0 Å². The van der Waals surface area contributed by atoms with E-state index in [-0.39, 0.29) is 0 Å². The summed E-state index contributed by atoms with van der Waals surface area (Å²) in [6.45, 7) is 6.10. The van der Waals surface area contributed by atoms with E-state index in [0.717, 1.165) is 25.2 Å². The first kappa shape index (κ1) is 13.1. The lowest BCUT2D eigenvalue weighted by Crippen LogP contribution is -2.35. The zero-order chi connectivity index (χ0) is 12.0. The standard InChI is InChI=1S/C12H19N3S/c1-3-15(10(2)8-12(13)16)9-11-6-4-5-7-14-11/h4-7,10H,3,8-9H2,1-2H3,(H2,13,16). The minimum Gasteiger partial charge on any atom is -0.393 e. The van der Waals surface area contributed by atoms with Gasteiger partial charge in [0, 0.05) is 25.2 Å². The van der Waals surface area contributed by atoms with Gasteiger partial charge in [-0.05, 0) is 25.6 Å². The maximum absolute atomic E-state index is 5.57. The molecule has 0 amide bonds. The van der Waals surface area contributed by atoms with Crippen molar-refractivity contribution in [1.82, 2.24) is 9.88 Å². The van der Waals surface area contributed by atoms with Crippen molar-refractivity contribution in [2.24, 2.45) is 5.73 Å². The van der Waals surface area contributed by atoms with Gasteiger partial charge in [0.25, 0.3) is 0 Å². The highest BCUT2D eigenvalue weighted by Gasteiger charge is 2.13. The number of hydrogen-bond acceptors (Lipinski definition) is 3. The fraction of sp³-hybridized carbons (Fsp3) is 0.500. The molecule has 0 aromatic carbocycles. The summed E-state index contributed by atoms with van der Waals surface area (Å²) < 4.78 is 0. The van der Waals surface area contributed by atoms with Gasteiger partial charge in [0.05, 0.1) is 10.7 Å². The Morgan fingerprint density at radius 1 is 1.56 bits per heavy atom. The second-order valence-electron chi connectivity index (χ2n) is 3.90. The van der Waals surface area contributed by atoms with Crippen LogP contribution >= 0.6 is 12.2 Å². The van der Waals surface area contributed by atoms with E-state index in [1.807, 2.05) is 24.4 Å². The number of nitrogens with zero attached hydrogens (tertiary/aromatic N) is 2. The normalized spacial score (nSPS) is 12.7. The third-order valence-electron chi connectivity index (χ3n) is 2.62. The lowest BCUT2D eigenvalue weighted by Gasteiger charge is -2.27. The number of aromatic nitrogens is 1. The van der Waals surface area contributed by atoms with Crippen LogP contribution in [0.1, 0.15) is 26.0 Å². The first-order valence-electron chi connectivity index (χ1n) is 5.55. The SMILES string of the molecule is CCN(Cc1ccccn1)C(C)CC(N)=S. The number of nitrogens with two attached hydrogens (primary N) is 1. The van der Waals surface area contributed by atoms with Crippen LogP contribution in [-0.2, 0) is 6.54 Å². The van der Waals surface area contributed by atoms with Crippen LogP contribution in [0.5, 0.6) is 0 Å². The molecule has 1 rings (SSSR count). The Balaban J connectivity index is 2.58. The monoisotopic (exact) mass is 237 g/mol. The van der Waals surface area contributed by atoms with Crippen LogP contribution in [0.4, 0.5) is 0 Å². The number of thiocarbonyl (C=S) groups is 1. The van der Waals surface area contributed by atoms with E-state index in [4.69, 9.17) is 18.0 Å². The third kappa shape index (κ3) is 4.24. The fourth-order valence-corrected chi connectivity index (χ4v) is 1.94. The summed E-state index contributed by atoms with van der Waals surface area (Å²) in [6.07, 6.45) is 2.58. The number of hydrogen-bond donors (Lipinski definition) is 1. The Morgan fingerprint density at radius 3 is 2.81 bits per heavy atom. The van der Waals surface area contributed by atoms with Gasteiger partial charge in [0.2, 0.25) is 0 Å². The van der Waals surface area contributed by atoms with Crippen LogP contribution < -0.4 is 5.73 Å². The smallest absolute Gasteiger partial charge is 0.0742 e. The zero-order valence-electron chi connectivity index (χ0n) is 9.89. The van der Waals surface area contributed by atoms with Crippen molar-refractivity contribution in [3.8, 4) is 0 Å². The lowest BCUT2D eigenvalue weighted by molar-refractivity contribution is 0.213. The van der Waals surface area contributed by atoms with E-state index in [9.17, 15) is 0 Å². The van der Waals surface area contributed by atoms with E-state index in [0.29, 0.717) is 11.0 Å². The molecule has 0 aliphatic rings. The van der Waals surface area contributed by atoms with E-state index >= 15 is 0 Å². The van der Waals surface area contributed by atoms with Crippen LogP contribution in [0.3, 0.4) is 0 Å². The van der Waals surface area contributed by atoms with E-state index in [1.165, 1.54) is 0 Å². The van der Waals surface area contributed by atoms with Gasteiger partial charge in [-0.25, -0.2) is 0 Å². The Bertz CT molecular complexity index is 326. The van der Waals surface area contributed by atoms with Crippen LogP contribution in [0.15, 0.2) is 24.4 Å². The van der Waals surface area contributed by atoms with Crippen LogP contribution in [0, 0.1) is 0 Å². The van der Waals surface area contributed by atoms with Crippen molar-refractivity contribution >= 4 is 17.2 Å². The summed E-state index contributed by atoms with van der Waals surface area (Å²) in [5, 5.41) is 0. The predicted octanol–water partition coefficient (Wildman–Crippen LogP) is 1.97. The maximum Gasteiger partial charge on any atom is 0.0742 e. The zero-order valence-corrected chi connectivity index (χ0v) is 10.7. The molecule has 0 fully saturated rings. The third-order valence-corrected chi connectivity index (χ3v) is 2.78. The van der Waals surface area contributed by atoms with Crippen LogP contribution in [-0.4, -0.2) is 27.5 Å². The summed E-state index contributed by atoms with van der Waals surface area (Å²) in [6, 6.07) is 6.34. The quantitative estimate of drug-likeness (QED) is 0.768. The van der Waals surface area contributed by atoms with Gasteiger partial charge in [0.15, 0.2) is 0 Å².